The van der Waals surface area contributed by atoms with Gasteiger partial charge in [0.2, 0.25) is 0 Å². The molecule has 7 heteroatoms. The molecule has 3 aromatic heterocycles. The number of nitrogens with zero attached hydrogens (tertiary/aromatic N) is 4. The first-order valence-electron chi connectivity index (χ1n) is 14.7. The molecule has 7 aromatic rings. The van der Waals surface area contributed by atoms with Crippen molar-refractivity contribution in [3.8, 4) is 34.1 Å². The summed E-state index contributed by atoms with van der Waals surface area (Å²) in [6.07, 6.45) is 1.78. The van der Waals surface area contributed by atoms with Crippen LogP contribution < -0.4 is 4.74 Å². The van der Waals surface area contributed by atoms with Gasteiger partial charge in [0.05, 0.1) is 5.69 Å². The van der Waals surface area contributed by atoms with Crippen molar-refractivity contribution >= 4 is 21.8 Å². The van der Waals surface area contributed by atoms with Gasteiger partial charge in [0.15, 0.2) is 0 Å². The third-order valence-corrected chi connectivity index (χ3v) is 8.06. The van der Waals surface area contributed by atoms with Crippen LogP contribution in [0.25, 0.3) is 44.4 Å². The molecule has 0 spiro atoms. The van der Waals surface area contributed by atoms with E-state index in [0.717, 1.165) is 67.0 Å². The molecule has 0 atom stereocenters. The second-order valence-corrected chi connectivity index (χ2v) is 11.5. The minimum Gasteiger partial charge on any atom is -0.509 e. The number of hydrogen-bond donors (Lipinski definition) is 0. The molecule has 0 saturated carbocycles. The van der Waals surface area contributed by atoms with Crippen LogP contribution in [0.15, 0.2) is 91.1 Å². The van der Waals surface area contributed by atoms with E-state index in [2.05, 4.69) is 56.1 Å². The molecule has 0 aliphatic rings. The van der Waals surface area contributed by atoms with Crippen LogP contribution in [0.3, 0.4) is 0 Å². The summed E-state index contributed by atoms with van der Waals surface area (Å²) < 4.78 is 24.8. The Bertz CT molecular complexity index is 2180. The van der Waals surface area contributed by atoms with Crippen LogP contribution in [-0.2, 0) is 21.1 Å². The summed E-state index contributed by atoms with van der Waals surface area (Å²) in [5, 5.41) is 6.57. The third kappa shape index (κ3) is 5.60. The van der Waals surface area contributed by atoms with Gasteiger partial charge in [0, 0.05) is 34.5 Å². The van der Waals surface area contributed by atoms with Crippen LogP contribution in [0.5, 0.6) is 11.5 Å². The quantitative estimate of drug-likeness (QED) is 0.158. The smallest absolute Gasteiger partial charge is 0.509 e. The van der Waals surface area contributed by atoms with E-state index in [1.54, 1.807) is 18.3 Å². The summed E-state index contributed by atoms with van der Waals surface area (Å²) in [7, 11) is 0. The van der Waals surface area contributed by atoms with Crippen LogP contribution in [-0.4, -0.2) is 19.3 Å². The molecule has 0 amide bonds. The molecule has 3 heterocycles. The van der Waals surface area contributed by atoms with Crippen molar-refractivity contribution in [1.29, 1.82) is 0 Å². The van der Waals surface area contributed by atoms with E-state index in [9.17, 15) is 4.39 Å². The van der Waals surface area contributed by atoms with Crippen LogP contribution in [0, 0.1) is 38.7 Å². The average Bonchev–Trinajstić information content (AvgIpc) is 3.49. The number of benzene rings is 4. The van der Waals surface area contributed by atoms with Crippen molar-refractivity contribution < 1.29 is 30.2 Å². The zero-order valence-corrected chi connectivity index (χ0v) is 27.9. The average molecular weight is 774 g/mol. The molecule has 0 fully saturated rings. The van der Waals surface area contributed by atoms with Gasteiger partial charge in [0.1, 0.15) is 11.6 Å². The Hall–Kier alpha value is -4.54. The molecular formula is C38H31FN4OPt. The van der Waals surface area contributed by atoms with Crippen LogP contribution in [0.2, 0.25) is 0 Å². The monoisotopic (exact) mass is 773 g/mol. The second-order valence-electron chi connectivity index (χ2n) is 11.5. The Morgan fingerprint density at radius 1 is 0.822 bits per heavy atom. The molecule has 45 heavy (non-hydrogen) atoms. The van der Waals surface area contributed by atoms with Gasteiger partial charge in [0.25, 0.3) is 0 Å². The van der Waals surface area contributed by atoms with E-state index in [1.807, 2.05) is 71.6 Å². The van der Waals surface area contributed by atoms with Gasteiger partial charge >= 0.3 is 21.1 Å². The Balaban J connectivity index is 0.00000357. The maximum absolute atomic E-state index is 14.4. The van der Waals surface area contributed by atoms with Gasteiger partial charge in [-0.25, -0.2) is 9.37 Å². The number of pyridine rings is 1. The molecular weight excluding hydrogens is 743 g/mol. The van der Waals surface area contributed by atoms with Crippen molar-refractivity contribution in [2.45, 2.75) is 40.5 Å². The number of rotatable bonds is 6. The summed E-state index contributed by atoms with van der Waals surface area (Å²) in [4.78, 5) is 4.63. The minimum absolute atomic E-state index is 0. The maximum Gasteiger partial charge on any atom is 2.00 e. The van der Waals surface area contributed by atoms with E-state index in [1.165, 1.54) is 6.07 Å². The fraction of sp³-hybridized carbons (Fsp3) is 0.158. The number of fused-ring (bicyclic) bond motifs is 3. The molecule has 0 radical (unpaired) electrons. The van der Waals surface area contributed by atoms with Crippen molar-refractivity contribution in [3.63, 3.8) is 0 Å². The molecule has 0 aliphatic carbocycles. The Kier molecular flexibility index (Phi) is 8.19. The van der Waals surface area contributed by atoms with Gasteiger partial charge < -0.3 is 9.30 Å². The van der Waals surface area contributed by atoms with E-state index >= 15 is 0 Å². The first-order chi connectivity index (χ1) is 21.3. The van der Waals surface area contributed by atoms with Crippen molar-refractivity contribution in [2.75, 3.05) is 0 Å². The Labute approximate surface area is 276 Å². The van der Waals surface area contributed by atoms with Gasteiger partial charge in [-0.3, -0.25) is 4.68 Å². The van der Waals surface area contributed by atoms with Gasteiger partial charge in [-0.2, -0.15) is 11.2 Å². The van der Waals surface area contributed by atoms with Crippen LogP contribution in [0.4, 0.5) is 4.39 Å². The molecule has 0 aliphatic heterocycles. The van der Waals surface area contributed by atoms with Crippen molar-refractivity contribution in [1.82, 2.24) is 19.3 Å². The topological polar surface area (TPSA) is 44.9 Å². The second kappa shape index (κ2) is 12.1. The molecule has 0 saturated heterocycles. The molecule has 4 aromatic carbocycles. The Morgan fingerprint density at radius 3 is 2.38 bits per heavy atom. The normalized spacial score (nSPS) is 11.4. The van der Waals surface area contributed by atoms with E-state index in [-0.39, 0.29) is 32.8 Å². The number of aryl methyl sites for hydroxylation is 2. The zero-order chi connectivity index (χ0) is 30.5. The van der Waals surface area contributed by atoms with Crippen molar-refractivity contribution in [2.24, 2.45) is 0 Å². The minimum atomic E-state index is -0.290. The molecule has 226 valence electrons. The predicted octanol–water partition coefficient (Wildman–Crippen LogP) is 9.61. The summed E-state index contributed by atoms with van der Waals surface area (Å²) in [5.74, 6) is 1.79. The summed E-state index contributed by atoms with van der Waals surface area (Å²) in [5.41, 5.74) is 8.83. The SMILES string of the molecule is Cc1ccnc(-n2c3[c-]c(Oc4[c-]c(-n5nc(C)c(-c6ccccc6)c5C)cc(C(C)C)c4)ccc3c3cc(F)ccc32)c1.[Pt+2]. The zero-order valence-electron chi connectivity index (χ0n) is 25.6. The fourth-order valence-electron chi connectivity index (χ4n) is 5.91. The van der Waals surface area contributed by atoms with Gasteiger partial charge in [-0.1, -0.05) is 49.7 Å². The standard InChI is InChI=1S/C38H31FN4O.Pt/c1-23(2)28-18-30(43-26(5)38(25(4)41-43)27-9-7-6-8-10-27)21-32(19-28)44-31-12-13-33-34-20-29(39)11-14-35(34)42(36(33)22-31)37-17-24(3)15-16-40-37;/h6-20,23H,1-5H3;/q-2;+2. The van der Waals surface area contributed by atoms with E-state index in [0.29, 0.717) is 11.5 Å². The molecule has 5 nitrogen and oxygen atoms in total. The van der Waals surface area contributed by atoms with E-state index in [4.69, 9.17) is 9.84 Å². The largest absolute Gasteiger partial charge is 2.00 e. The van der Waals surface area contributed by atoms with Gasteiger partial charge in [-0.05, 0) is 79.2 Å². The summed E-state index contributed by atoms with van der Waals surface area (Å²) >= 11 is 0. The number of halogens is 1. The molecule has 0 bridgehead atoms. The van der Waals surface area contributed by atoms with Gasteiger partial charge in [-0.15, -0.1) is 41.3 Å². The number of aromatic nitrogens is 4. The fourth-order valence-corrected chi connectivity index (χ4v) is 5.91. The van der Waals surface area contributed by atoms with Crippen molar-refractivity contribution in [3.05, 3.63) is 132 Å². The first-order valence-corrected chi connectivity index (χ1v) is 14.7. The van der Waals surface area contributed by atoms with Crippen LogP contribution in [0.1, 0.15) is 42.3 Å². The molecule has 0 unspecified atom stereocenters. The van der Waals surface area contributed by atoms with Crippen LogP contribution >= 0.6 is 0 Å². The summed E-state index contributed by atoms with van der Waals surface area (Å²) in [6.45, 7) is 10.5. The third-order valence-electron chi connectivity index (χ3n) is 8.06. The predicted molar refractivity (Wildman–Crippen MR) is 174 cm³/mol. The van der Waals surface area contributed by atoms with E-state index < -0.39 is 0 Å². The number of ether oxygens (including phenoxy) is 1. The summed E-state index contributed by atoms with van der Waals surface area (Å²) in [6, 6.07) is 34.0. The Morgan fingerprint density at radius 2 is 1.62 bits per heavy atom. The molecule has 7 rings (SSSR count). The molecule has 0 N–H and O–H groups in total. The first kappa shape index (κ1) is 30.5. The number of hydrogen-bond acceptors (Lipinski definition) is 3. The maximum atomic E-state index is 14.4.